The summed E-state index contributed by atoms with van der Waals surface area (Å²) in [5, 5.41) is 4.53. The Morgan fingerprint density at radius 1 is 1.25 bits per heavy atom. The molecule has 0 bridgehead atoms. The van der Waals surface area contributed by atoms with Gasteiger partial charge in [0.25, 0.3) is 0 Å². The molecule has 5 nitrogen and oxygen atoms in total. The van der Waals surface area contributed by atoms with Crippen molar-refractivity contribution in [3.63, 3.8) is 0 Å². The second-order valence-electron chi connectivity index (χ2n) is 5.81. The molecule has 3 N–H and O–H groups in total. The third kappa shape index (κ3) is 4.32. The summed E-state index contributed by atoms with van der Waals surface area (Å²) in [7, 11) is -4.89. The van der Waals surface area contributed by atoms with Crippen LogP contribution in [0.25, 0.3) is 16.2 Å². The summed E-state index contributed by atoms with van der Waals surface area (Å²) in [4.78, 5) is 32.0. The lowest BCUT2D eigenvalue weighted by Crippen LogP contribution is -2.25. The minimum absolute atomic E-state index is 0.124. The van der Waals surface area contributed by atoms with Crippen molar-refractivity contribution in [1.82, 2.24) is 5.32 Å². The van der Waals surface area contributed by atoms with Gasteiger partial charge in [-0.25, -0.2) is 8.78 Å². The van der Waals surface area contributed by atoms with Gasteiger partial charge in [0.15, 0.2) is 17.3 Å². The second-order valence-corrected chi connectivity index (χ2v) is 8.85. The number of carbonyl (C=O) groups excluding carboxylic acids is 1. The van der Waals surface area contributed by atoms with Crippen LogP contribution in [0.5, 0.6) is 0 Å². The number of fused-ring (bicyclic) bond motifs is 1. The van der Waals surface area contributed by atoms with Crippen LogP contribution in [0.3, 0.4) is 0 Å². The molecular weight excluding hydrogens is 431 g/mol. The number of benzene rings is 2. The molecule has 1 unspecified atom stereocenters. The maximum atomic E-state index is 13.6. The SMILES string of the molecule is O=C(N/C=C/c1cccc(F)c1F)C(c1csc2ccc(Cl)cc12)P(=O)(O)O. The number of rotatable bonds is 5. The van der Waals surface area contributed by atoms with Gasteiger partial charge in [-0.15, -0.1) is 11.3 Å². The van der Waals surface area contributed by atoms with E-state index in [1.807, 2.05) is 0 Å². The van der Waals surface area contributed by atoms with Crippen molar-refractivity contribution >= 4 is 52.6 Å². The summed E-state index contributed by atoms with van der Waals surface area (Å²) < 4.78 is 39.6. The van der Waals surface area contributed by atoms with E-state index in [-0.39, 0.29) is 11.1 Å². The molecular formula is C18H13ClF2NO4PS. The molecule has 1 heterocycles. The number of amides is 1. The fraction of sp³-hybridized carbons (Fsp3) is 0.0556. The lowest BCUT2D eigenvalue weighted by Gasteiger charge is -2.16. The van der Waals surface area contributed by atoms with Gasteiger partial charge in [0.2, 0.25) is 5.91 Å². The molecule has 0 saturated carbocycles. The molecule has 0 saturated heterocycles. The zero-order chi connectivity index (χ0) is 20.5. The molecule has 3 rings (SSSR count). The Morgan fingerprint density at radius 3 is 2.71 bits per heavy atom. The monoisotopic (exact) mass is 443 g/mol. The van der Waals surface area contributed by atoms with Crippen LogP contribution < -0.4 is 5.32 Å². The molecule has 28 heavy (non-hydrogen) atoms. The number of nitrogens with one attached hydrogen (secondary N) is 1. The maximum absolute atomic E-state index is 13.6. The lowest BCUT2D eigenvalue weighted by atomic mass is 10.1. The van der Waals surface area contributed by atoms with Gasteiger partial charge in [-0.3, -0.25) is 9.36 Å². The predicted octanol–water partition coefficient (Wildman–Crippen LogP) is 4.84. The van der Waals surface area contributed by atoms with E-state index >= 15 is 0 Å². The summed E-state index contributed by atoms with van der Waals surface area (Å²) >= 11 is 7.18. The van der Waals surface area contributed by atoms with Gasteiger partial charge in [0.05, 0.1) is 0 Å². The quantitative estimate of drug-likeness (QED) is 0.492. The van der Waals surface area contributed by atoms with Gasteiger partial charge in [0.1, 0.15) is 0 Å². The zero-order valence-corrected chi connectivity index (χ0v) is 16.4. The first-order valence-corrected chi connectivity index (χ1v) is 10.7. The lowest BCUT2D eigenvalue weighted by molar-refractivity contribution is -0.120. The van der Waals surface area contributed by atoms with E-state index in [0.717, 1.165) is 18.3 Å². The first-order chi connectivity index (χ1) is 13.2. The van der Waals surface area contributed by atoms with Crippen LogP contribution in [-0.4, -0.2) is 15.7 Å². The molecule has 0 fully saturated rings. The molecule has 0 aliphatic rings. The summed E-state index contributed by atoms with van der Waals surface area (Å²) in [6, 6.07) is 8.37. The predicted molar refractivity (Wildman–Crippen MR) is 105 cm³/mol. The van der Waals surface area contributed by atoms with E-state index in [4.69, 9.17) is 11.6 Å². The van der Waals surface area contributed by atoms with Gasteiger partial charge >= 0.3 is 7.60 Å². The molecule has 2 aromatic carbocycles. The van der Waals surface area contributed by atoms with Gasteiger partial charge in [0, 0.05) is 21.5 Å². The highest BCUT2D eigenvalue weighted by Crippen LogP contribution is 2.54. The second kappa shape index (κ2) is 8.11. The van der Waals surface area contributed by atoms with Crippen LogP contribution in [0.4, 0.5) is 8.78 Å². The summed E-state index contributed by atoms with van der Waals surface area (Å²) in [5.41, 5.74) is -1.76. The van der Waals surface area contributed by atoms with Crippen LogP contribution >= 0.6 is 30.5 Å². The van der Waals surface area contributed by atoms with Crippen molar-refractivity contribution in [3.8, 4) is 0 Å². The Kier molecular flexibility index (Phi) is 5.98. The smallest absolute Gasteiger partial charge is 0.332 e. The Bertz CT molecular complexity index is 1130. The largest absolute Gasteiger partial charge is 0.342 e. The number of hydrogen-bond donors (Lipinski definition) is 3. The highest BCUT2D eigenvalue weighted by molar-refractivity contribution is 7.53. The van der Waals surface area contributed by atoms with Crippen molar-refractivity contribution in [2.24, 2.45) is 0 Å². The minimum atomic E-state index is -4.89. The van der Waals surface area contributed by atoms with Crippen LogP contribution in [0, 0.1) is 11.6 Å². The standard InChI is InChI=1S/C18H13ClF2NO4PS/c19-11-4-5-15-12(8-11)13(9-28-15)17(27(24,25)26)18(23)22-7-6-10-2-1-3-14(20)16(10)21/h1-9,17H,(H,22,23)(H2,24,25,26)/b7-6+. The Balaban J connectivity index is 1.91. The van der Waals surface area contributed by atoms with Crippen molar-refractivity contribution in [3.05, 3.63) is 75.8 Å². The van der Waals surface area contributed by atoms with E-state index in [0.29, 0.717) is 15.1 Å². The molecule has 0 aliphatic heterocycles. The molecule has 0 radical (unpaired) electrons. The zero-order valence-electron chi connectivity index (χ0n) is 14.0. The first kappa shape index (κ1) is 20.6. The minimum Gasteiger partial charge on any atom is -0.332 e. The van der Waals surface area contributed by atoms with E-state index < -0.39 is 30.8 Å². The van der Waals surface area contributed by atoms with Gasteiger partial charge < -0.3 is 15.1 Å². The molecule has 1 atom stereocenters. The van der Waals surface area contributed by atoms with E-state index in [1.165, 1.54) is 34.9 Å². The van der Waals surface area contributed by atoms with E-state index in [1.54, 1.807) is 12.1 Å². The number of thiophene rings is 1. The number of halogens is 3. The molecule has 1 amide bonds. The third-order valence-corrected chi connectivity index (χ3v) is 6.32. The molecule has 146 valence electrons. The Hall–Kier alpha value is -2.09. The fourth-order valence-electron chi connectivity index (χ4n) is 2.65. The van der Waals surface area contributed by atoms with Gasteiger partial charge in [-0.1, -0.05) is 23.7 Å². The average Bonchev–Trinajstić information content (AvgIpc) is 3.00. The fourth-order valence-corrected chi connectivity index (χ4v) is 4.85. The van der Waals surface area contributed by atoms with Crippen molar-refractivity contribution in [1.29, 1.82) is 0 Å². The highest BCUT2D eigenvalue weighted by atomic mass is 35.5. The average molecular weight is 444 g/mol. The van der Waals surface area contributed by atoms with Gasteiger partial charge in [-0.2, -0.15) is 0 Å². The molecule has 0 aliphatic carbocycles. The Labute approximate surface area is 167 Å². The normalized spacial score (nSPS) is 13.2. The first-order valence-electron chi connectivity index (χ1n) is 7.81. The topological polar surface area (TPSA) is 86.6 Å². The number of hydrogen-bond acceptors (Lipinski definition) is 3. The summed E-state index contributed by atoms with van der Waals surface area (Å²) in [6.45, 7) is 0. The summed E-state index contributed by atoms with van der Waals surface area (Å²) in [5.74, 6) is -3.14. The van der Waals surface area contributed by atoms with Crippen molar-refractivity contribution in [2.45, 2.75) is 5.66 Å². The van der Waals surface area contributed by atoms with Crippen LogP contribution in [0.2, 0.25) is 5.02 Å². The highest BCUT2D eigenvalue weighted by Gasteiger charge is 2.38. The Morgan fingerprint density at radius 2 is 2.00 bits per heavy atom. The van der Waals surface area contributed by atoms with Crippen LogP contribution in [0.15, 0.2) is 48.0 Å². The third-order valence-electron chi connectivity index (χ3n) is 3.91. The summed E-state index contributed by atoms with van der Waals surface area (Å²) in [6.07, 6.45) is 2.10. The van der Waals surface area contributed by atoms with Crippen LogP contribution in [-0.2, 0) is 9.36 Å². The number of carbonyl (C=O) groups is 1. The van der Waals surface area contributed by atoms with E-state index in [2.05, 4.69) is 5.32 Å². The molecule has 0 spiro atoms. The molecule has 10 heteroatoms. The van der Waals surface area contributed by atoms with Gasteiger partial charge in [-0.05, 0) is 46.7 Å². The van der Waals surface area contributed by atoms with Crippen molar-refractivity contribution < 1.29 is 27.9 Å². The van der Waals surface area contributed by atoms with Crippen molar-refractivity contribution in [2.75, 3.05) is 0 Å². The van der Waals surface area contributed by atoms with Crippen LogP contribution in [0.1, 0.15) is 16.8 Å². The molecule has 3 aromatic rings. The maximum Gasteiger partial charge on any atom is 0.342 e. The molecule has 1 aromatic heterocycles. The van der Waals surface area contributed by atoms with E-state index in [9.17, 15) is 27.9 Å².